The van der Waals surface area contributed by atoms with Crippen LogP contribution in [0, 0.1) is 5.82 Å². The average molecular weight is 462 g/mol. The molecule has 0 aromatic heterocycles. The molecule has 3 aromatic carbocycles. The maximum atomic E-state index is 14.0. The summed E-state index contributed by atoms with van der Waals surface area (Å²) in [5, 5.41) is 2.54. The van der Waals surface area contributed by atoms with Crippen LogP contribution in [0.3, 0.4) is 0 Å². The summed E-state index contributed by atoms with van der Waals surface area (Å²) in [5.74, 6) is -1.09. The molecule has 2 N–H and O–H groups in total. The Hall–Kier alpha value is -3.14. The number of nitrogens with zero attached hydrogens (tertiary/aromatic N) is 1. The van der Waals surface area contributed by atoms with Gasteiger partial charge < -0.3 is 10.1 Å². The molecule has 10 heteroatoms. The van der Waals surface area contributed by atoms with Crippen LogP contribution < -0.4 is 19.9 Å². The number of nitrogens with one attached hydrogen (secondary N) is 2. The molecule has 0 fully saturated rings. The molecule has 1 heterocycles. The second-order valence-corrected chi connectivity index (χ2v) is 8.87. The van der Waals surface area contributed by atoms with Crippen molar-refractivity contribution < 1.29 is 22.3 Å². The van der Waals surface area contributed by atoms with Gasteiger partial charge >= 0.3 is 0 Å². The molecule has 0 saturated carbocycles. The van der Waals surface area contributed by atoms with E-state index < -0.39 is 21.7 Å². The summed E-state index contributed by atoms with van der Waals surface area (Å²) in [6, 6.07) is 14.8. The second kappa shape index (κ2) is 8.18. The Kier molecular flexibility index (Phi) is 5.57. The molecule has 7 nitrogen and oxygen atoms in total. The topological polar surface area (TPSA) is 87.7 Å². The fraction of sp³-hybridized carbons (Fsp3) is 0.0952. The lowest BCUT2D eigenvalue weighted by Gasteiger charge is -2.20. The van der Waals surface area contributed by atoms with Gasteiger partial charge in [0.05, 0.1) is 28.3 Å². The maximum Gasteiger partial charge on any atom is 0.277 e. The molecular formula is C21H17ClFN3O4S. The molecule has 0 aliphatic carbocycles. The average Bonchev–Trinajstić information content (AvgIpc) is 3.18. The zero-order chi connectivity index (χ0) is 22.2. The zero-order valence-corrected chi connectivity index (χ0v) is 17.8. The van der Waals surface area contributed by atoms with Crippen molar-refractivity contribution in [3.8, 4) is 5.75 Å². The van der Waals surface area contributed by atoms with Gasteiger partial charge in [-0.3, -0.25) is 4.79 Å². The lowest BCUT2D eigenvalue weighted by molar-refractivity contribution is 0.102. The quantitative estimate of drug-likeness (QED) is 0.600. The van der Waals surface area contributed by atoms with E-state index in [-0.39, 0.29) is 27.7 Å². The van der Waals surface area contributed by atoms with E-state index in [9.17, 15) is 17.6 Å². The van der Waals surface area contributed by atoms with Crippen molar-refractivity contribution in [3.05, 3.63) is 82.6 Å². The van der Waals surface area contributed by atoms with Gasteiger partial charge in [-0.2, -0.15) is 12.8 Å². The van der Waals surface area contributed by atoms with E-state index in [1.165, 1.54) is 37.4 Å². The van der Waals surface area contributed by atoms with E-state index in [1.807, 2.05) is 0 Å². The lowest BCUT2D eigenvalue weighted by atomic mass is 10.1. The molecule has 3 aromatic rings. The van der Waals surface area contributed by atoms with Crippen LogP contribution in [0.5, 0.6) is 5.75 Å². The highest BCUT2D eigenvalue weighted by Gasteiger charge is 2.31. The number of fused-ring (bicyclic) bond motifs is 1. The highest BCUT2D eigenvalue weighted by atomic mass is 35.5. The number of rotatable bonds is 5. The minimum Gasteiger partial charge on any atom is -0.497 e. The van der Waals surface area contributed by atoms with Crippen LogP contribution in [-0.4, -0.2) is 21.4 Å². The molecule has 4 rings (SSSR count). The first-order chi connectivity index (χ1) is 14.8. The van der Waals surface area contributed by atoms with Gasteiger partial charge in [0.2, 0.25) is 0 Å². The second-order valence-electron chi connectivity index (χ2n) is 6.68. The van der Waals surface area contributed by atoms with E-state index >= 15 is 0 Å². The summed E-state index contributed by atoms with van der Waals surface area (Å²) in [6.07, 6.45) is 0. The molecule has 0 spiro atoms. The molecule has 0 unspecified atom stereocenters. The Labute approximate surface area is 183 Å². The number of ether oxygens (including phenoxy) is 1. The summed E-state index contributed by atoms with van der Waals surface area (Å²) in [7, 11) is -2.50. The summed E-state index contributed by atoms with van der Waals surface area (Å²) < 4.78 is 46.5. The number of halogens is 2. The third-order valence-electron chi connectivity index (χ3n) is 4.74. The Morgan fingerprint density at radius 1 is 1.16 bits per heavy atom. The molecule has 0 saturated heterocycles. The minimum absolute atomic E-state index is 0.0254. The lowest BCUT2D eigenvalue weighted by Crippen LogP contribution is -2.38. The van der Waals surface area contributed by atoms with Gasteiger partial charge in [-0.05, 0) is 42.0 Å². The number of benzene rings is 3. The Balaban J connectivity index is 1.66. The molecule has 160 valence electrons. The van der Waals surface area contributed by atoms with E-state index in [4.69, 9.17) is 16.3 Å². The van der Waals surface area contributed by atoms with Gasteiger partial charge in [-0.25, -0.2) is 9.82 Å². The number of carbonyl (C=O) groups excluding carboxylic acids is 1. The fourth-order valence-corrected chi connectivity index (χ4v) is 4.85. The highest BCUT2D eigenvalue weighted by molar-refractivity contribution is 7.92. The van der Waals surface area contributed by atoms with Crippen LogP contribution in [0.4, 0.5) is 15.8 Å². The maximum absolute atomic E-state index is 14.0. The SMILES string of the molecule is COc1cccc(S(=O)(=O)N2NCc3ccc(NC(=O)c4c(F)cccc4Cl)cc32)c1. The number of hydrogen-bond donors (Lipinski definition) is 2. The van der Waals surface area contributed by atoms with Gasteiger partial charge in [0.15, 0.2) is 0 Å². The third-order valence-corrected chi connectivity index (χ3v) is 6.72. The number of sulfonamides is 1. The molecule has 0 atom stereocenters. The van der Waals surface area contributed by atoms with E-state index in [0.717, 1.165) is 10.5 Å². The molecular weight excluding hydrogens is 445 g/mol. The summed E-state index contributed by atoms with van der Waals surface area (Å²) >= 11 is 5.95. The Bertz CT molecular complexity index is 1260. The van der Waals surface area contributed by atoms with Crippen molar-refractivity contribution in [2.45, 2.75) is 11.4 Å². The highest BCUT2D eigenvalue weighted by Crippen LogP contribution is 2.33. The molecule has 1 amide bonds. The zero-order valence-electron chi connectivity index (χ0n) is 16.2. The van der Waals surface area contributed by atoms with Crippen molar-refractivity contribution >= 4 is 38.9 Å². The first kappa shape index (κ1) is 21.1. The number of hydrogen-bond acceptors (Lipinski definition) is 5. The van der Waals surface area contributed by atoms with Crippen LogP contribution in [0.25, 0.3) is 0 Å². The number of hydrazine groups is 1. The van der Waals surface area contributed by atoms with Gasteiger partial charge in [0, 0.05) is 18.3 Å². The molecule has 1 aliphatic rings. The first-order valence-electron chi connectivity index (χ1n) is 9.12. The predicted molar refractivity (Wildman–Crippen MR) is 115 cm³/mol. The predicted octanol–water partition coefficient (Wildman–Crippen LogP) is 3.95. The van der Waals surface area contributed by atoms with Crippen molar-refractivity contribution in [2.75, 3.05) is 16.8 Å². The van der Waals surface area contributed by atoms with Crippen LogP contribution in [0.2, 0.25) is 5.02 Å². The van der Waals surface area contributed by atoms with Crippen LogP contribution >= 0.6 is 11.6 Å². The first-order valence-corrected chi connectivity index (χ1v) is 10.9. The summed E-state index contributed by atoms with van der Waals surface area (Å²) in [5.41, 5.74) is 3.90. The largest absolute Gasteiger partial charge is 0.497 e. The normalized spacial score (nSPS) is 13.1. The fourth-order valence-electron chi connectivity index (χ4n) is 3.21. The molecule has 0 radical (unpaired) electrons. The Morgan fingerprint density at radius 2 is 1.94 bits per heavy atom. The number of carbonyl (C=O) groups is 1. The molecule has 0 bridgehead atoms. The summed E-state index contributed by atoms with van der Waals surface area (Å²) in [4.78, 5) is 12.6. The molecule has 1 aliphatic heterocycles. The number of amides is 1. The number of anilines is 2. The van der Waals surface area contributed by atoms with Gasteiger partial charge in [0.25, 0.3) is 15.9 Å². The van der Waals surface area contributed by atoms with Crippen LogP contribution in [0.1, 0.15) is 15.9 Å². The van der Waals surface area contributed by atoms with Crippen molar-refractivity contribution in [1.82, 2.24) is 5.43 Å². The Morgan fingerprint density at radius 3 is 2.68 bits per heavy atom. The van der Waals surface area contributed by atoms with E-state index in [1.54, 1.807) is 24.3 Å². The van der Waals surface area contributed by atoms with Crippen molar-refractivity contribution in [3.63, 3.8) is 0 Å². The van der Waals surface area contributed by atoms with Gasteiger partial charge in [-0.15, -0.1) is 0 Å². The van der Waals surface area contributed by atoms with Crippen LogP contribution in [-0.2, 0) is 16.6 Å². The summed E-state index contributed by atoms with van der Waals surface area (Å²) in [6.45, 7) is 0.284. The van der Waals surface area contributed by atoms with Gasteiger partial charge in [-0.1, -0.05) is 29.8 Å². The monoisotopic (exact) mass is 461 g/mol. The van der Waals surface area contributed by atoms with Crippen LogP contribution in [0.15, 0.2) is 65.6 Å². The van der Waals surface area contributed by atoms with Crippen molar-refractivity contribution in [1.29, 1.82) is 0 Å². The smallest absolute Gasteiger partial charge is 0.277 e. The van der Waals surface area contributed by atoms with E-state index in [0.29, 0.717) is 17.0 Å². The standard InChI is InChI=1S/C21H17ClFN3O4S/c1-30-15-4-2-5-16(11-15)31(28,29)26-19-10-14(9-8-13(19)12-24-26)25-21(27)20-17(22)6-3-7-18(20)23/h2-11,24H,12H2,1H3,(H,25,27). The molecule has 31 heavy (non-hydrogen) atoms. The van der Waals surface area contributed by atoms with Crippen molar-refractivity contribution in [2.24, 2.45) is 0 Å². The minimum atomic E-state index is -3.95. The van der Waals surface area contributed by atoms with E-state index in [2.05, 4.69) is 10.7 Å². The third kappa shape index (κ3) is 3.95. The van der Waals surface area contributed by atoms with Gasteiger partial charge in [0.1, 0.15) is 11.6 Å². The number of methoxy groups -OCH3 is 1.